The number of nitriles is 1. The van der Waals surface area contributed by atoms with Crippen molar-refractivity contribution in [2.24, 2.45) is 0 Å². The van der Waals surface area contributed by atoms with Crippen LogP contribution in [0.2, 0.25) is 0 Å². The number of aliphatic hydroxyl groups excluding tert-OH is 1. The smallest absolute Gasteiger partial charge is 0.207 e. The Morgan fingerprint density at radius 3 is 2.92 bits per heavy atom. The quantitative estimate of drug-likeness (QED) is 0.867. The van der Waals surface area contributed by atoms with Gasteiger partial charge in [0.15, 0.2) is 5.82 Å². The SMILES string of the molecule is CCOc1ccccc1-n1nc(C#N)c(N2CCCCC2CCO)n1. The first-order valence-corrected chi connectivity index (χ1v) is 8.75. The predicted octanol–water partition coefficient (Wildman–Crippen LogP) is 2.28. The summed E-state index contributed by atoms with van der Waals surface area (Å²) < 4.78 is 5.65. The van der Waals surface area contributed by atoms with Gasteiger partial charge in [-0.05, 0) is 44.7 Å². The van der Waals surface area contributed by atoms with Gasteiger partial charge in [0, 0.05) is 19.2 Å². The number of benzene rings is 1. The normalized spacial score (nSPS) is 17.3. The van der Waals surface area contributed by atoms with Crippen molar-refractivity contribution in [1.82, 2.24) is 15.0 Å². The maximum absolute atomic E-state index is 9.53. The first-order valence-electron chi connectivity index (χ1n) is 8.75. The molecule has 1 unspecified atom stereocenters. The minimum absolute atomic E-state index is 0.129. The number of hydrogen-bond acceptors (Lipinski definition) is 6. The lowest BCUT2D eigenvalue weighted by Crippen LogP contribution is -2.40. The van der Waals surface area contributed by atoms with Crippen LogP contribution in [0.4, 0.5) is 5.82 Å². The molecule has 1 aromatic heterocycles. The molecule has 1 aliphatic heterocycles. The van der Waals surface area contributed by atoms with Gasteiger partial charge in [-0.25, -0.2) is 0 Å². The van der Waals surface area contributed by atoms with Gasteiger partial charge in [0.25, 0.3) is 0 Å². The van der Waals surface area contributed by atoms with Crippen molar-refractivity contribution >= 4 is 5.82 Å². The number of piperidine rings is 1. The Balaban J connectivity index is 1.99. The van der Waals surface area contributed by atoms with E-state index in [9.17, 15) is 10.4 Å². The lowest BCUT2D eigenvalue weighted by Gasteiger charge is -2.35. The molecule has 0 spiro atoms. The summed E-state index contributed by atoms with van der Waals surface area (Å²) in [6, 6.07) is 9.87. The second kappa shape index (κ2) is 7.99. The summed E-state index contributed by atoms with van der Waals surface area (Å²) in [5.41, 5.74) is 1.01. The summed E-state index contributed by atoms with van der Waals surface area (Å²) in [5.74, 6) is 1.27. The van der Waals surface area contributed by atoms with Gasteiger partial charge in [-0.15, -0.1) is 15.0 Å². The zero-order valence-electron chi connectivity index (χ0n) is 14.4. The van der Waals surface area contributed by atoms with Crippen molar-refractivity contribution < 1.29 is 9.84 Å². The first kappa shape index (κ1) is 17.2. The number of ether oxygens (including phenoxy) is 1. The number of aliphatic hydroxyl groups is 1. The average Bonchev–Trinajstić information content (AvgIpc) is 3.07. The summed E-state index contributed by atoms with van der Waals surface area (Å²) in [6.45, 7) is 3.42. The summed E-state index contributed by atoms with van der Waals surface area (Å²) in [5, 5.41) is 27.8. The third kappa shape index (κ3) is 3.59. The van der Waals surface area contributed by atoms with Gasteiger partial charge in [-0.3, -0.25) is 0 Å². The molecule has 0 radical (unpaired) electrons. The summed E-state index contributed by atoms with van der Waals surface area (Å²) in [6.07, 6.45) is 3.85. The molecule has 0 amide bonds. The molecule has 0 aliphatic carbocycles. The monoisotopic (exact) mass is 341 g/mol. The molecule has 7 nitrogen and oxygen atoms in total. The number of aromatic nitrogens is 3. The number of para-hydroxylation sites is 2. The summed E-state index contributed by atoms with van der Waals surface area (Å²) >= 11 is 0. The van der Waals surface area contributed by atoms with Crippen LogP contribution in [0.5, 0.6) is 5.75 Å². The van der Waals surface area contributed by atoms with E-state index < -0.39 is 0 Å². The van der Waals surface area contributed by atoms with Crippen LogP contribution in [0, 0.1) is 11.3 Å². The van der Waals surface area contributed by atoms with Crippen LogP contribution in [0.1, 0.15) is 38.3 Å². The molecule has 1 aliphatic rings. The van der Waals surface area contributed by atoms with E-state index >= 15 is 0 Å². The van der Waals surface area contributed by atoms with E-state index in [1.807, 2.05) is 31.2 Å². The zero-order valence-corrected chi connectivity index (χ0v) is 14.4. The van der Waals surface area contributed by atoms with Crippen molar-refractivity contribution in [3.05, 3.63) is 30.0 Å². The van der Waals surface area contributed by atoms with Crippen LogP contribution in [0.25, 0.3) is 5.69 Å². The largest absolute Gasteiger partial charge is 0.492 e. The highest BCUT2D eigenvalue weighted by Gasteiger charge is 2.28. The third-order valence-corrected chi connectivity index (χ3v) is 4.44. The second-order valence-corrected chi connectivity index (χ2v) is 6.03. The van der Waals surface area contributed by atoms with Crippen LogP contribution in [0.15, 0.2) is 24.3 Å². The van der Waals surface area contributed by atoms with Crippen LogP contribution >= 0.6 is 0 Å². The van der Waals surface area contributed by atoms with Crippen molar-refractivity contribution in [2.75, 3.05) is 24.7 Å². The van der Waals surface area contributed by atoms with Crippen molar-refractivity contribution in [3.8, 4) is 17.5 Å². The van der Waals surface area contributed by atoms with Gasteiger partial charge in [-0.1, -0.05) is 12.1 Å². The molecule has 1 atom stereocenters. The molecule has 0 saturated carbocycles. The first-order chi connectivity index (χ1) is 12.3. The average molecular weight is 341 g/mol. The number of nitrogens with zero attached hydrogens (tertiary/aromatic N) is 5. The number of hydrogen-bond donors (Lipinski definition) is 1. The molecule has 1 aromatic carbocycles. The Labute approximate surface area is 147 Å². The summed E-state index contributed by atoms with van der Waals surface area (Å²) in [4.78, 5) is 3.59. The highest BCUT2D eigenvalue weighted by atomic mass is 16.5. The molecule has 25 heavy (non-hydrogen) atoms. The number of rotatable bonds is 6. The molecule has 1 fully saturated rings. The Hall–Kier alpha value is -2.59. The minimum atomic E-state index is 0.129. The second-order valence-electron chi connectivity index (χ2n) is 6.03. The van der Waals surface area contributed by atoms with E-state index in [-0.39, 0.29) is 12.6 Å². The van der Waals surface area contributed by atoms with Gasteiger partial charge in [-0.2, -0.15) is 5.26 Å². The topological polar surface area (TPSA) is 87.2 Å². The van der Waals surface area contributed by atoms with Gasteiger partial charge < -0.3 is 14.7 Å². The van der Waals surface area contributed by atoms with Gasteiger partial charge in [0.1, 0.15) is 17.5 Å². The summed E-state index contributed by atoms with van der Waals surface area (Å²) in [7, 11) is 0. The molecule has 1 N–H and O–H groups in total. The van der Waals surface area contributed by atoms with E-state index in [0.29, 0.717) is 36.0 Å². The van der Waals surface area contributed by atoms with E-state index in [0.717, 1.165) is 25.8 Å². The molecule has 2 heterocycles. The fraction of sp³-hybridized carbons (Fsp3) is 0.500. The molecule has 1 saturated heterocycles. The maximum atomic E-state index is 9.53. The van der Waals surface area contributed by atoms with Crippen LogP contribution < -0.4 is 9.64 Å². The molecular weight excluding hydrogens is 318 g/mol. The Kier molecular flexibility index (Phi) is 5.51. The third-order valence-electron chi connectivity index (χ3n) is 4.44. The van der Waals surface area contributed by atoms with Crippen molar-refractivity contribution in [2.45, 2.75) is 38.6 Å². The predicted molar refractivity (Wildman–Crippen MR) is 93.9 cm³/mol. The maximum Gasteiger partial charge on any atom is 0.207 e. The van der Waals surface area contributed by atoms with Crippen molar-refractivity contribution in [3.63, 3.8) is 0 Å². The molecule has 0 bridgehead atoms. The highest BCUT2D eigenvalue weighted by molar-refractivity contribution is 5.53. The molecule has 2 aromatic rings. The lowest BCUT2D eigenvalue weighted by molar-refractivity contribution is 0.262. The molecule has 3 rings (SSSR count). The lowest BCUT2D eigenvalue weighted by atomic mass is 9.99. The fourth-order valence-electron chi connectivity index (χ4n) is 3.30. The minimum Gasteiger partial charge on any atom is -0.492 e. The van der Waals surface area contributed by atoms with Gasteiger partial charge >= 0.3 is 0 Å². The van der Waals surface area contributed by atoms with Crippen LogP contribution in [0.3, 0.4) is 0 Å². The van der Waals surface area contributed by atoms with E-state index in [4.69, 9.17) is 4.74 Å². The molecule has 132 valence electrons. The molecular formula is C18H23N5O2. The van der Waals surface area contributed by atoms with E-state index in [1.165, 1.54) is 4.80 Å². The molecule has 7 heteroatoms. The van der Waals surface area contributed by atoms with E-state index in [1.54, 1.807) is 0 Å². The zero-order chi connectivity index (χ0) is 17.6. The Morgan fingerprint density at radius 1 is 1.32 bits per heavy atom. The Morgan fingerprint density at radius 2 is 2.16 bits per heavy atom. The Bertz CT molecular complexity index is 750. The van der Waals surface area contributed by atoms with Gasteiger partial charge in [0.05, 0.1) is 6.61 Å². The highest BCUT2D eigenvalue weighted by Crippen LogP contribution is 2.29. The fourth-order valence-corrected chi connectivity index (χ4v) is 3.30. The number of anilines is 1. The van der Waals surface area contributed by atoms with Gasteiger partial charge in [0.2, 0.25) is 5.69 Å². The van der Waals surface area contributed by atoms with E-state index in [2.05, 4.69) is 21.2 Å². The standard InChI is InChI=1S/C18H23N5O2/c1-2-25-17-9-4-3-8-16(17)23-20-15(13-19)18(21-23)22-11-6-5-7-14(22)10-12-24/h3-4,8-9,14,24H,2,5-7,10-12H2,1H3. The van der Waals surface area contributed by atoms with Crippen LogP contribution in [-0.2, 0) is 0 Å². The van der Waals surface area contributed by atoms with Crippen molar-refractivity contribution in [1.29, 1.82) is 5.26 Å². The van der Waals surface area contributed by atoms with Crippen LogP contribution in [-0.4, -0.2) is 45.9 Å².